The van der Waals surface area contributed by atoms with Crippen LogP contribution in [0.4, 0.5) is 11.4 Å². The number of nitrogens with zero attached hydrogens (tertiary/aromatic N) is 4. The maximum Gasteiger partial charge on any atom is 0.274 e. The zero-order chi connectivity index (χ0) is 24.9. The van der Waals surface area contributed by atoms with Crippen LogP contribution in [0.15, 0.2) is 80.8 Å². The molecule has 0 atom stereocenters. The minimum Gasteiger partial charge on any atom is -0.325 e. The highest BCUT2D eigenvalue weighted by molar-refractivity contribution is 9.10. The third kappa shape index (κ3) is 6.30. The van der Waals surface area contributed by atoms with E-state index in [2.05, 4.69) is 47.4 Å². The SMILES string of the molecule is Cc1ccc(NC(=O)CSc2nnc(-c3ccc(Br)cc3)c(-c3ccc(Br)cc3)n2)cc1[N+](=O)[O-]. The number of nitro groups is 1. The van der Waals surface area contributed by atoms with Crippen molar-refractivity contribution in [3.8, 4) is 22.5 Å². The van der Waals surface area contributed by atoms with Gasteiger partial charge in [-0.2, -0.15) is 0 Å². The number of hydrogen-bond donors (Lipinski definition) is 1. The van der Waals surface area contributed by atoms with Crippen LogP contribution in [0.1, 0.15) is 5.56 Å². The maximum atomic E-state index is 12.5. The average molecular weight is 615 g/mol. The Morgan fingerprint density at radius 2 is 1.54 bits per heavy atom. The molecule has 0 saturated heterocycles. The Balaban J connectivity index is 1.55. The number of amides is 1. The molecular formula is C24H17Br2N5O3S. The molecule has 0 radical (unpaired) electrons. The number of aryl methyl sites for hydroxylation is 1. The molecule has 8 nitrogen and oxygen atoms in total. The van der Waals surface area contributed by atoms with E-state index in [1.807, 2.05) is 48.5 Å². The number of nitrogens with one attached hydrogen (secondary N) is 1. The van der Waals surface area contributed by atoms with Gasteiger partial charge in [-0.25, -0.2) is 4.98 Å². The van der Waals surface area contributed by atoms with E-state index in [0.29, 0.717) is 27.8 Å². The second-order valence-corrected chi connectivity index (χ2v) is 10.2. The van der Waals surface area contributed by atoms with Gasteiger partial charge < -0.3 is 5.32 Å². The second kappa shape index (κ2) is 11.1. The number of thioether (sulfide) groups is 1. The summed E-state index contributed by atoms with van der Waals surface area (Å²) in [6.07, 6.45) is 0. The summed E-state index contributed by atoms with van der Waals surface area (Å²) < 4.78 is 1.89. The summed E-state index contributed by atoms with van der Waals surface area (Å²) in [5.74, 6) is -0.320. The highest BCUT2D eigenvalue weighted by Gasteiger charge is 2.16. The van der Waals surface area contributed by atoms with E-state index < -0.39 is 4.92 Å². The van der Waals surface area contributed by atoms with Crippen molar-refractivity contribution < 1.29 is 9.72 Å². The Hall–Kier alpha value is -3.15. The van der Waals surface area contributed by atoms with Crippen LogP contribution >= 0.6 is 43.6 Å². The molecule has 0 bridgehead atoms. The summed E-state index contributed by atoms with van der Waals surface area (Å²) in [4.78, 5) is 27.8. The molecule has 1 N–H and O–H groups in total. The molecular weight excluding hydrogens is 598 g/mol. The predicted octanol–water partition coefficient (Wildman–Crippen LogP) is 6.68. The minimum atomic E-state index is -0.476. The Kier molecular flexibility index (Phi) is 7.89. The molecule has 1 aromatic heterocycles. The largest absolute Gasteiger partial charge is 0.325 e. The van der Waals surface area contributed by atoms with Crippen molar-refractivity contribution >= 4 is 60.9 Å². The van der Waals surface area contributed by atoms with Gasteiger partial charge in [-0.1, -0.05) is 74.0 Å². The van der Waals surface area contributed by atoms with Crippen LogP contribution in [-0.2, 0) is 4.79 Å². The lowest BCUT2D eigenvalue weighted by Crippen LogP contribution is -2.14. The first-order valence-electron chi connectivity index (χ1n) is 10.2. The molecule has 0 saturated carbocycles. The second-order valence-electron chi connectivity index (χ2n) is 7.40. The smallest absolute Gasteiger partial charge is 0.274 e. The fraction of sp³-hybridized carbons (Fsp3) is 0.0833. The van der Waals surface area contributed by atoms with Gasteiger partial charge in [0.2, 0.25) is 11.1 Å². The van der Waals surface area contributed by atoms with E-state index >= 15 is 0 Å². The lowest BCUT2D eigenvalue weighted by molar-refractivity contribution is -0.385. The third-order valence-electron chi connectivity index (χ3n) is 4.92. The molecule has 3 aromatic carbocycles. The molecule has 0 aliphatic rings. The quantitative estimate of drug-likeness (QED) is 0.140. The van der Waals surface area contributed by atoms with Crippen LogP contribution in [-0.4, -0.2) is 31.8 Å². The van der Waals surface area contributed by atoms with Crippen molar-refractivity contribution in [2.45, 2.75) is 12.1 Å². The summed E-state index contributed by atoms with van der Waals surface area (Å²) >= 11 is 8.02. The maximum absolute atomic E-state index is 12.5. The first kappa shape index (κ1) is 25.0. The first-order valence-corrected chi connectivity index (χ1v) is 12.8. The monoisotopic (exact) mass is 613 g/mol. The van der Waals surface area contributed by atoms with Gasteiger partial charge in [0.15, 0.2) is 0 Å². The van der Waals surface area contributed by atoms with Crippen LogP contribution in [0.3, 0.4) is 0 Å². The van der Waals surface area contributed by atoms with Crippen molar-refractivity contribution in [1.82, 2.24) is 15.2 Å². The molecule has 1 amide bonds. The first-order chi connectivity index (χ1) is 16.8. The van der Waals surface area contributed by atoms with Gasteiger partial charge >= 0.3 is 0 Å². The summed E-state index contributed by atoms with van der Waals surface area (Å²) in [5, 5.41) is 22.8. The van der Waals surface area contributed by atoms with E-state index in [4.69, 9.17) is 4.98 Å². The van der Waals surface area contributed by atoms with Crippen molar-refractivity contribution in [1.29, 1.82) is 0 Å². The molecule has 35 heavy (non-hydrogen) atoms. The van der Waals surface area contributed by atoms with Gasteiger partial charge in [-0.3, -0.25) is 14.9 Å². The summed E-state index contributed by atoms with van der Waals surface area (Å²) in [5.41, 5.74) is 3.82. The highest BCUT2D eigenvalue weighted by Crippen LogP contribution is 2.31. The Morgan fingerprint density at radius 3 is 2.14 bits per heavy atom. The van der Waals surface area contributed by atoms with Crippen LogP contribution in [0.25, 0.3) is 22.5 Å². The van der Waals surface area contributed by atoms with Gasteiger partial charge in [-0.15, -0.1) is 10.2 Å². The Labute approximate surface area is 222 Å². The normalized spacial score (nSPS) is 10.7. The number of benzene rings is 3. The number of anilines is 1. The van der Waals surface area contributed by atoms with Crippen molar-refractivity contribution in [2.24, 2.45) is 0 Å². The van der Waals surface area contributed by atoms with Crippen LogP contribution in [0.5, 0.6) is 0 Å². The number of rotatable bonds is 7. The lowest BCUT2D eigenvalue weighted by atomic mass is 10.0. The summed E-state index contributed by atoms with van der Waals surface area (Å²) in [6, 6.07) is 20.0. The molecule has 4 rings (SSSR count). The number of carbonyl (C=O) groups excluding carboxylic acids is 1. The van der Waals surface area contributed by atoms with Gasteiger partial charge in [-0.05, 0) is 37.3 Å². The van der Waals surface area contributed by atoms with Crippen LogP contribution in [0, 0.1) is 17.0 Å². The number of hydrogen-bond acceptors (Lipinski definition) is 7. The number of nitro benzene ring substituents is 1. The zero-order valence-electron chi connectivity index (χ0n) is 18.2. The van der Waals surface area contributed by atoms with Crippen molar-refractivity contribution in [2.75, 3.05) is 11.1 Å². The van der Waals surface area contributed by atoms with E-state index in [1.165, 1.54) is 6.07 Å². The molecule has 176 valence electrons. The zero-order valence-corrected chi connectivity index (χ0v) is 22.2. The van der Waals surface area contributed by atoms with Crippen molar-refractivity contribution in [3.63, 3.8) is 0 Å². The Bertz CT molecular complexity index is 1400. The molecule has 0 aliphatic carbocycles. The van der Waals surface area contributed by atoms with Crippen molar-refractivity contribution in [3.05, 3.63) is 91.4 Å². The highest BCUT2D eigenvalue weighted by atomic mass is 79.9. The number of halogens is 2. The van der Waals surface area contributed by atoms with Gasteiger partial charge in [0.05, 0.1) is 10.7 Å². The summed E-state index contributed by atoms with van der Waals surface area (Å²) in [6.45, 7) is 1.64. The van der Waals surface area contributed by atoms with Crippen LogP contribution in [0.2, 0.25) is 0 Å². The lowest BCUT2D eigenvalue weighted by Gasteiger charge is -2.10. The molecule has 4 aromatic rings. The van der Waals surface area contributed by atoms with Gasteiger partial charge in [0, 0.05) is 37.4 Å². The molecule has 1 heterocycles. The van der Waals surface area contributed by atoms with E-state index in [9.17, 15) is 14.9 Å². The standard InChI is InChI=1S/C24H17Br2N5O3S/c1-14-2-11-19(12-20(14)31(33)34)27-21(32)13-35-24-28-22(15-3-7-17(25)8-4-15)23(29-30-24)16-5-9-18(26)10-6-16/h2-12H,13H2,1H3,(H,27,32). The molecule has 0 unspecified atom stereocenters. The molecule has 0 fully saturated rings. The van der Waals surface area contributed by atoms with Crippen LogP contribution < -0.4 is 5.32 Å². The van der Waals surface area contributed by atoms with Gasteiger partial charge in [0.1, 0.15) is 11.4 Å². The molecule has 0 aliphatic heterocycles. The van der Waals surface area contributed by atoms with Gasteiger partial charge in [0.25, 0.3) is 5.69 Å². The molecule has 0 spiro atoms. The van der Waals surface area contributed by atoms with E-state index in [-0.39, 0.29) is 17.3 Å². The predicted molar refractivity (Wildman–Crippen MR) is 143 cm³/mol. The molecule has 11 heteroatoms. The topological polar surface area (TPSA) is 111 Å². The van der Waals surface area contributed by atoms with E-state index in [0.717, 1.165) is 31.8 Å². The van der Waals surface area contributed by atoms with E-state index in [1.54, 1.807) is 19.1 Å². The number of carbonyl (C=O) groups is 1. The summed E-state index contributed by atoms with van der Waals surface area (Å²) in [7, 11) is 0. The fourth-order valence-electron chi connectivity index (χ4n) is 3.19. The minimum absolute atomic E-state index is 0.0146. The average Bonchev–Trinajstić information content (AvgIpc) is 2.85. The number of aromatic nitrogens is 3. The Morgan fingerprint density at radius 1 is 0.943 bits per heavy atom. The fourth-order valence-corrected chi connectivity index (χ4v) is 4.31. The third-order valence-corrected chi connectivity index (χ3v) is 6.82.